The molecule has 0 amide bonds. The first-order valence-electron chi connectivity index (χ1n) is 7.12. The predicted octanol–water partition coefficient (Wildman–Crippen LogP) is 3.95. The van der Waals surface area contributed by atoms with E-state index in [1.54, 1.807) is 13.2 Å². The third kappa shape index (κ3) is 3.61. The molecule has 0 radical (unpaired) electrons. The van der Waals surface area contributed by atoms with E-state index < -0.39 is 0 Å². The van der Waals surface area contributed by atoms with Crippen molar-refractivity contribution in [2.45, 2.75) is 26.3 Å². The normalized spacial score (nSPS) is 12.2. The van der Waals surface area contributed by atoms with Gasteiger partial charge in [0.25, 0.3) is 0 Å². The fourth-order valence-corrected chi connectivity index (χ4v) is 2.68. The van der Waals surface area contributed by atoms with Crippen molar-refractivity contribution in [2.24, 2.45) is 0 Å². The van der Waals surface area contributed by atoms with Crippen LogP contribution < -0.4 is 10.1 Å². The van der Waals surface area contributed by atoms with Crippen LogP contribution in [0.1, 0.15) is 28.3 Å². The minimum atomic E-state index is -0.195. The first-order valence-corrected chi connectivity index (χ1v) is 7.12. The first-order chi connectivity index (χ1) is 10.0. The Morgan fingerprint density at radius 2 is 1.90 bits per heavy atom. The quantitative estimate of drug-likeness (QED) is 0.899. The van der Waals surface area contributed by atoms with E-state index in [2.05, 4.69) is 18.3 Å². The van der Waals surface area contributed by atoms with Gasteiger partial charge in [-0.3, -0.25) is 0 Å². The van der Waals surface area contributed by atoms with E-state index >= 15 is 0 Å². The molecule has 2 aromatic carbocycles. The van der Waals surface area contributed by atoms with Crippen LogP contribution in [0, 0.1) is 19.7 Å². The molecule has 2 nitrogen and oxygen atoms in total. The molecule has 0 heterocycles. The highest BCUT2D eigenvalue weighted by Crippen LogP contribution is 2.27. The fraction of sp³-hybridized carbons (Fsp3) is 0.333. The van der Waals surface area contributed by atoms with Gasteiger partial charge in [-0.2, -0.15) is 0 Å². The lowest BCUT2D eigenvalue weighted by Crippen LogP contribution is -2.20. The van der Waals surface area contributed by atoms with Gasteiger partial charge in [0, 0.05) is 6.04 Å². The lowest BCUT2D eigenvalue weighted by Gasteiger charge is -2.20. The minimum Gasteiger partial charge on any atom is -0.496 e. The number of halogens is 1. The molecule has 0 aliphatic heterocycles. The van der Waals surface area contributed by atoms with Gasteiger partial charge in [0.2, 0.25) is 0 Å². The van der Waals surface area contributed by atoms with Gasteiger partial charge in [0.15, 0.2) is 0 Å². The summed E-state index contributed by atoms with van der Waals surface area (Å²) in [5.41, 5.74) is 4.43. The number of likely N-dealkylation sites (N-methyl/N-ethyl adjacent to an activating group) is 1. The molecule has 1 N–H and O–H groups in total. The molecule has 2 aromatic rings. The van der Waals surface area contributed by atoms with E-state index in [1.807, 2.05) is 32.2 Å². The molecule has 112 valence electrons. The molecule has 0 fully saturated rings. The molecule has 0 saturated heterocycles. The molecule has 0 saturated carbocycles. The molecule has 0 aromatic heterocycles. The molecule has 2 rings (SSSR count). The smallest absolute Gasteiger partial charge is 0.123 e. The highest BCUT2D eigenvalue weighted by atomic mass is 19.1. The molecule has 0 bridgehead atoms. The monoisotopic (exact) mass is 287 g/mol. The lowest BCUT2D eigenvalue weighted by atomic mass is 9.94. The van der Waals surface area contributed by atoms with E-state index in [1.165, 1.54) is 11.6 Å². The van der Waals surface area contributed by atoms with Crippen LogP contribution in [0.3, 0.4) is 0 Å². The Balaban J connectivity index is 2.33. The molecular formula is C18H22FNO. The zero-order valence-corrected chi connectivity index (χ0v) is 13.0. The van der Waals surface area contributed by atoms with Gasteiger partial charge in [-0.15, -0.1) is 0 Å². The number of aryl methyl sites for hydroxylation is 2. The second kappa shape index (κ2) is 6.72. The Morgan fingerprint density at radius 3 is 2.52 bits per heavy atom. The average Bonchev–Trinajstić information content (AvgIpc) is 2.45. The fourth-order valence-electron chi connectivity index (χ4n) is 2.68. The van der Waals surface area contributed by atoms with Crippen molar-refractivity contribution in [3.8, 4) is 5.75 Å². The van der Waals surface area contributed by atoms with Crippen LogP contribution in [0.15, 0.2) is 36.4 Å². The van der Waals surface area contributed by atoms with E-state index in [9.17, 15) is 4.39 Å². The van der Waals surface area contributed by atoms with Gasteiger partial charge in [-0.25, -0.2) is 4.39 Å². The lowest BCUT2D eigenvalue weighted by molar-refractivity contribution is 0.406. The number of nitrogens with one attached hydrogen (secondary N) is 1. The van der Waals surface area contributed by atoms with Crippen LogP contribution in [0.4, 0.5) is 4.39 Å². The number of ether oxygens (including phenoxy) is 1. The number of benzene rings is 2. The summed E-state index contributed by atoms with van der Waals surface area (Å²) in [5.74, 6) is 0.694. The third-order valence-electron chi connectivity index (χ3n) is 3.82. The predicted molar refractivity (Wildman–Crippen MR) is 84.4 cm³/mol. The van der Waals surface area contributed by atoms with E-state index in [0.717, 1.165) is 28.9 Å². The standard InChI is InChI=1S/C18H22FNO/c1-12-5-8-18(21-4)14(9-12)11-17(20-3)16-7-6-15(19)10-13(16)2/h5-10,17,20H,11H2,1-4H3. The Kier molecular flexibility index (Phi) is 4.97. The van der Waals surface area contributed by atoms with Gasteiger partial charge in [-0.05, 0) is 62.2 Å². The van der Waals surface area contributed by atoms with Crippen molar-refractivity contribution in [3.05, 3.63) is 64.5 Å². The second-order valence-electron chi connectivity index (χ2n) is 5.36. The summed E-state index contributed by atoms with van der Waals surface area (Å²) in [5, 5.41) is 3.32. The van der Waals surface area contributed by atoms with Gasteiger partial charge in [0.1, 0.15) is 11.6 Å². The molecule has 1 atom stereocenters. The highest BCUT2D eigenvalue weighted by Gasteiger charge is 2.15. The maximum atomic E-state index is 13.3. The first kappa shape index (κ1) is 15.5. The maximum Gasteiger partial charge on any atom is 0.123 e. The van der Waals surface area contributed by atoms with Crippen molar-refractivity contribution >= 4 is 0 Å². The van der Waals surface area contributed by atoms with Crippen molar-refractivity contribution in [1.29, 1.82) is 0 Å². The Labute approximate surface area is 126 Å². The molecular weight excluding hydrogens is 265 g/mol. The van der Waals surface area contributed by atoms with Gasteiger partial charge >= 0.3 is 0 Å². The minimum absolute atomic E-state index is 0.126. The van der Waals surface area contributed by atoms with Crippen molar-refractivity contribution in [1.82, 2.24) is 5.32 Å². The SMILES string of the molecule is CNC(Cc1cc(C)ccc1OC)c1ccc(F)cc1C. The Bertz CT molecular complexity index is 625. The summed E-state index contributed by atoms with van der Waals surface area (Å²) in [4.78, 5) is 0. The zero-order valence-electron chi connectivity index (χ0n) is 13.0. The van der Waals surface area contributed by atoms with Gasteiger partial charge in [0.05, 0.1) is 7.11 Å². The summed E-state index contributed by atoms with van der Waals surface area (Å²) in [7, 11) is 3.61. The molecule has 1 unspecified atom stereocenters. The summed E-state index contributed by atoms with van der Waals surface area (Å²) in [6.45, 7) is 4.01. The summed E-state index contributed by atoms with van der Waals surface area (Å²) in [6.07, 6.45) is 0.799. The van der Waals surface area contributed by atoms with Crippen molar-refractivity contribution in [2.75, 3.05) is 14.2 Å². The zero-order chi connectivity index (χ0) is 15.4. The summed E-state index contributed by atoms with van der Waals surface area (Å²) in [6, 6.07) is 11.2. The highest BCUT2D eigenvalue weighted by molar-refractivity contribution is 5.39. The summed E-state index contributed by atoms with van der Waals surface area (Å²) < 4.78 is 18.7. The molecule has 0 spiro atoms. The van der Waals surface area contributed by atoms with Crippen LogP contribution in [0.25, 0.3) is 0 Å². The average molecular weight is 287 g/mol. The summed E-state index contributed by atoms with van der Waals surface area (Å²) >= 11 is 0. The number of methoxy groups -OCH3 is 1. The molecule has 0 aliphatic carbocycles. The van der Waals surface area contributed by atoms with Crippen molar-refractivity contribution < 1.29 is 9.13 Å². The maximum absolute atomic E-state index is 13.3. The number of rotatable bonds is 5. The van der Waals surface area contributed by atoms with Gasteiger partial charge in [-0.1, -0.05) is 23.8 Å². The van der Waals surface area contributed by atoms with Crippen LogP contribution in [-0.2, 0) is 6.42 Å². The number of hydrogen-bond acceptors (Lipinski definition) is 2. The van der Waals surface area contributed by atoms with Crippen LogP contribution in [0.5, 0.6) is 5.75 Å². The Hall–Kier alpha value is -1.87. The largest absolute Gasteiger partial charge is 0.496 e. The van der Waals surface area contributed by atoms with Gasteiger partial charge < -0.3 is 10.1 Å². The van der Waals surface area contributed by atoms with Crippen LogP contribution in [0.2, 0.25) is 0 Å². The third-order valence-corrected chi connectivity index (χ3v) is 3.82. The van der Waals surface area contributed by atoms with Crippen LogP contribution in [-0.4, -0.2) is 14.2 Å². The van der Waals surface area contributed by atoms with E-state index in [-0.39, 0.29) is 11.9 Å². The molecule has 21 heavy (non-hydrogen) atoms. The van der Waals surface area contributed by atoms with Crippen LogP contribution >= 0.6 is 0 Å². The van der Waals surface area contributed by atoms with Crippen molar-refractivity contribution in [3.63, 3.8) is 0 Å². The number of hydrogen-bond donors (Lipinski definition) is 1. The Morgan fingerprint density at radius 1 is 1.14 bits per heavy atom. The topological polar surface area (TPSA) is 21.3 Å². The van der Waals surface area contributed by atoms with E-state index in [0.29, 0.717) is 0 Å². The molecule has 3 heteroatoms. The molecule has 0 aliphatic rings. The van der Waals surface area contributed by atoms with E-state index in [4.69, 9.17) is 4.74 Å². The second-order valence-corrected chi connectivity index (χ2v) is 5.36.